The zero-order valence-corrected chi connectivity index (χ0v) is 16.3. The number of hydrogen-bond donors (Lipinski definition) is 1. The molecule has 142 valence electrons. The van der Waals surface area contributed by atoms with Gasteiger partial charge in [-0.05, 0) is 45.7 Å². The van der Waals surface area contributed by atoms with Crippen molar-refractivity contribution < 1.29 is 25.8 Å². The van der Waals surface area contributed by atoms with Crippen LogP contribution in [0.15, 0.2) is 29.2 Å². The summed E-state index contributed by atoms with van der Waals surface area (Å²) >= 11 is 0. The van der Waals surface area contributed by atoms with E-state index in [9.17, 15) is 16.8 Å². The van der Waals surface area contributed by atoms with Crippen molar-refractivity contribution in [2.24, 2.45) is 0 Å². The molecule has 1 heterocycles. The fourth-order valence-electron chi connectivity index (χ4n) is 2.34. The predicted octanol–water partition coefficient (Wildman–Crippen LogP) is 1.58. The quantitative estimate of drug-likeness (QED) is 0.709. The van der Waals surface area contributed by atoms with Crippen molar-refractivity contribution in [1.82, 2.24) is 4.72 Å². The molecule has 0 saturated carbocycles. The molecule has 0 unspecified atom stereocenters. The summed E-state index contributed by atoms with van der Waals surface area (Å²) in [5.41, 5.74) is 0.962. The molecule has 1 aliphatic rings. The first-order chi connectivity index (χ1) is 11.6. The van der Waals surface area contributed by atoms with E-state index in [4.69, 9.17) is 8.92 Å². The van der Waals surface area contributed by atoms with Crippen LogP contribution in [0.5, 0.6) is 0 Å². The van der Waals surface area contributed by atoms with Crippen LogP contribution in [0, 0.1) is 6.92 Å². The number of benzene rings is 1. The molecule has 1 aliphatic heterocycles. The van der Waals surface area contributed by atoms with Crippen molar-refractivity contribution in [2.75, 3.05) is 13.2 Å². The van der Waals surface area contributed by atoms with Crippen LogP contribution in [0.1, 0.15) is 32.3 Å². The van der Waals surface area contributed by atoms with E-state index in [0.29, 0.717) is 12.8 Å². The van der Waals surface area contributed by atoms with Gasteiger partial charge in [0, 0.05) is 6.04 Å². The van der Waals surface area contributed by atoms with Gasteiger partial charge in [-0.15, -0.1) is 0 Å². The second kappa shape index (κ2) is 8.13. The summed E-state index contributed by atoms with van der Waals surface area (Å²) in [7, 11) is -7.17. The first kappa shape index (κ1) is 20.3. The molecule has 0 spiro atoms. The Balaban J connectivity index is 1.83. The van der Waals surface area contributed by atoms with Crippen LogP contribution in [-0.4, -0.2) is 47.4 Å². The molecule has 0 bridgehead atoms. The molecule has 25 heavy (non-hydrogen) atoms. The molecular formula is C16H25NO6S2. The topological polar surface area (TPSA) is 98.8 Å². The summed E-state index contributed by atoms with van der Waals surface area (Å²) in [6, 6.07) is 6.13. The Hall–Kier alpha value is -1.00. The molecule has 1 N–H and O–H groups in total. The van der Waals surface area contributed by atoms with E-state index in [1.54, 1.807) is 26.0 Å². The predicted molar refractivity (Wildman–Crippen MR) is 94.3 cm³/mol. The number of ether oxygens (including phenoxy) is 1. The number of rotatable bonds is 7. The molecule has 2 atom stereocenters. The van der Waals surface area contributed by atoms with Gasteiger partial charge in [-0.25, -0.2) is 13.1 Å². The third-order valence-corrected chi connectivity index (χ3v) is 7.24. The van der Waals surface area contributed by atoms with Gasteiger partial charge in [0.15, 0.2) is 0 Å². The Morgan fingerprint density at radius 3 is 2.32 bits per heavy atom. The van der Waals surface area contributed by atoms with E-state index >= 15 is 0 Å². The van der Waals surface area contributed by atoms with Gasteiger partial charge in [0.1, 0.15) is 0 Å². The maximum Gasteiger partial charge on any atom is 0.297 e. The lowest BCUT2D eigenvalue weighted by molar-refractivity contribution is -0.0212. The van der Waals surface area contributed by atoms with Crippen molar-refractivity contribution in [1.29, 1.82) is 0 Å². The van der Waals surface area contributed by atoms with Gasteiger partial charge < -0.3 is 4.74 Å². The van der Waals surface area contributed by atoms with Gasteiger partial charge >= 0.3 is 0 Å². The number of sulfonamides is 1. The maximum atomic E-state index is 12.1. The summed E-state index contributed by atoms with van der Waals surface area (Å²) in [5.74, 6) is 0. The lowest BCUT2D eigenvalue weighted by Crippen LogP contribution is -2.45. The first-order valence-electron chi connectivity index (χ1n) is 8.19. The van der Waals surface area contributed by atoms with Gasteiger partial charge in [0.05, 0.1) is 29.5 Å². The lowest BCUT2D eigenvalue weighted by atomic mass is 10.1. The molecule has 1 aromatic rings. The second-order valence-electron chi connectivity index (χ2n) is 6.49. The number of aryl methyl sites for hydroxylation is 1. The van der Waals surface area contributed by atoms with E-state index in [-0.39, 0.29) is 30.3 Å². The monoisotopic (exact) mass is 391 g/mol. The van der Waals surface area contributed by atoms with Crippen LogP contribution in [0.2, 0.25) is 0 Å². The largest absolute Gasteiger partial charge is 0.374 e. The third-order valence-electron chi connectivity index (χ3n) is 4.04. The minimum absolute atomic E-state index is 0.0835. The molecule has 1 aromatic carbocycles. The van der Waals surface area contributed by atoms with Crippen LogP contribution in [0.25, 0.3) is 0 Å². The SMILES string of the molecule is Cc1ccc(S(=O)(=O)OC[C@@H]2CC[C@@H](NS(=O)(=O)C(C)C)CO2)cc1. The minimum Gasteiger partial charge on any atom is -0.374 e. The highest BCUT2D eigenvalue weighted by Crippen LogP contribution is 2.18. The third kappa shape index (κ3) is 5.75. The smallest absolute Gasteiger partial charge is 0.297 e. The van der Waals surface area contributed by atoms with Crippen molar-refractivity contribution in [3.63, 3.8) is 0 Å². The molecule has 7 nitrogen and oxygen atoms in total. The Kier molecular flexibility index (Phi) is 6.61. The normalized spacial score (nSPS) is 22.2. The first-order valence-corrected chi connectivity index (χ1v) is 11.1. The average Bonchev–Trinajstić information content (AvgIpc) is 2.54. The molecule has 2 rings (SSSR count). The highest BCUT2D eigenvalue weighted by atomic mass is 32.2. The van der Waals surface area contributed by atoms with Crippen LogP contribution < -0.4 is 4.72 Å². The van der Waals surface area contributed by atoms with Crippen molar-refractivity contribution in [2.45, 2.75) is 55.9 Å². The Bertz CT molecular complexity index is 763. The number of nitrogens with one attached hydrogen (secondary N) is 1. The maximum absolute atomic E-state index is 12.1. The Morgan fingerprint density at radius 1 is 1.16 bits per heavy atom. The van der Waals surface area contributed by atoms with E-state index in [1.165, 1.54) is 12.1 Å². The van der Waals surface area contributed by atoms with E-state index in [2.05, 4.69) is 4.72 Å². The molecule has 9 heteroatoms. The van der Waals surface area contributed by atoms with Crippen LogP contribution in [0.4, 0.5) is 0 Å². The van der Waals surface area contributed by atoms with Crippen molar-refractivity contribution in [3.8, 4) is 0 Å². The highest BCUT2D eigenvalue weighted by molar-refractivity contribution is 7.90. The fourth-order valence-corrected chi connectivity index (χ4v) is 4.20. The Labute approximate surface area is 149 Å². The zero-order valence-electron chi connectivity index (χ0n) is 14.6. The Morgan fingerprint density at radius 2 is 1.80 bits per heavy atom. The zero-order chi connectivity index (χ0) is 18.7. The second-order valence-corrected chi connectivity index (χ2v) is 10.4. The van der Waals surface area contributed by atoms with Gasteiger partial charge in [0.2, 0.25) is 10.0 Å². The van der Waals surface area contributed by atoms with Crippen LogP contribution in [-0.2, 0) is 29.1 Å². The number of hydrogen-bond acceptors (Lipinski definition) is 6. The molecule has 0 aliphatic carbocycles. The van der Waals surface area contributed by atoms with E-state index in [1.807, 2.05) is 6.92 Å². The van der Waals surface area contributed by atoms with E-state index in [0.717, 1.165) is 5.56 Å². The summed E-state index contributed by atoms with van der Waals surface area (Å²) in [4.78, 5) is 0.108. The standard InChI is InChI=1S/C16H25NO6S2/c1-12(2)24(18,19)17-14-6-7-15(22-10-14)11-23-25(20,21)16-8-4-13(3)5-9-16/h4-5,8-9,12,14-15,17H,6-7,10-11H2,1-3H3/t14-,15+/m1/s1. The van der Waals surface area contributed by atoms with Crippen molar-refractivity contribution in [3.05, 3.63) is 29.8 Å². The summed E-state index contributed by atoms with van der Waals surface area (Å²) < 4.78 is 61.2. The van der Waals surface area contributed by atoms with Gasteiger partial charge in [-0.1, -0.05) is 17.7 Å². The molecule has 0 aromatic heterocycles. The minimum atomic E-state index is -3.82. The molecule has 1 saturated heterocycles. The van der Waals surface area contributed by atoms with Gasteiger partial charge in [0.25, 0.3) is 10.1 Å². The highest BCUT2D eigenvalue weighted by Gasteiger charge is 2.28. The summed E-state index contributed by atoms with van der Waals surface area (Å²) in [5, 5.41) is -0.506. The molecule has 0 amide bonds. The van der Waals surface area contributed by atoms with E-state index < -0.39 is 25.4 Å². The average molecular weight is 392 g/mol. The van der Waals surface area contributed by atoms with Crippen LogP contribution in [0.3, 0.4) is 0 Å². The molecule has 1 fully saturated rings. The van der Waals surface area contributed by atoms with Crippen molar-refractivity contribution >= 4 is 20.1 Å². The molecular weight excluding hydrogens is 366 g/mol. The van der Waals surface area contributed by atoms with Gasteiger partial charge in [-0.3, -0.25) is 4.18 Å². The van der Waals surface area contributed by atoms with Gasteiger partial charge in [-0.2, -0.15) is 8.42 Å². The summed E-state index contributed by atoms with van der Waals surface area (Å²) in [6.07, 6.45) is 0.722. The lowest BCUT2D eigenvalue weighted by Gasteiger charge is -2.29. The molecule has 0 radical (unpaired) electrons. The fraction of sp³-hybridized carbons (Fsp3) is 0.625. The van der Waals surface area contributed by atoms with Crippen LogP contribution >= 0.6 is 0 Å². The summed E-state index contributed by atoms with van der Waals surface area (Å²) in [6.45, 7) is 5.21.